The third kappa shape index (κ3) is 4.86. The summed E-state index contributed by atoms with van der Waals surface area (Å²) in [4.78, 5) is 24.6. The van der Waals surface area contributed by atoms with Crippen molar-refractivity contribution in [3.8, 4) is 0 Å². The number of hydrogen-bond donors (Lipinski definition) is 0. The Balaban J connectivity index is 1.60. The van der Waals surface area contributed by atoms with Gasteiger partial charge in [-0.05, 0) is 60.0 Å². The molecule has 2 aromatic carbocycles. The SMILES string of the molecule is CCc1ccc2nc(N(Cc3cccnc3)C(=O)CSc3ccc(F)cc3)sc2c1. The summed E-state index contributed by atoms with van der Waals surface area (Å²) in [6.45, 7) is 2.52. The number of carbonyl (C=O) groups excluding carboxylic acids is 1. The van der Waals surface area contributed by atoms with E-state index in [1.807, 2.05) is 18.2 Å². The molecule has 2 heterocycles. The number of carbonyl (C=O) groups is 1. The van der Waals surface area contributed by atoms with E-state index in [9.17, 15) is 9.18 Å². The standard InChI is InChI=1S/C23H20FN3OS2/c1-2-16-5-10-20-21(12-16)30-23(26-20)27(14-17-4-3-11-25-13-17)22(28)15-29-19-8-6-18(24)7-9-19/h3-13H,2,14-15H2,1H3. The Morgan fingerprint density at radius 3 is 2.70 bits per heavy atom. The van der Waals surface area contributed by atoms with Crippen LogP contribution in [0.2, 0.25) is 0 Å². The summed E-state index contributed by atoms with van der Waals surface area (Å²) in [7, 11) is 0. The van der Waals surface area contributed by atoms with Crippen molar-refractivity contribution < 1.29 is 9.18 Å². The number of hydrogen-bond acceptors (Lipinski definition) is 5. The minimum Gasteiger partial charge on any atom is -0.283 e. The first-order chi connectivity index (χ1) is 14.6. The fourth-order valence-corrected chi connectivity index (χ4v) is 4.80. The molecule has 0 aliphatic heterocycles. The highest BCUT2D eigenvalue weighted by atomic mass is 32.2. The Labute approximate surface area is 182 Å². The second kappa shape index (κ2) is 9.36. The minimum atomic E-state index is -0.287. The number of fused-ring (bicyclic) bond motifs is 1. The molecule has 4 rings (SSSR count). The Kier molecular flexibility index (Phi) is 6.40. The molecule has 2 aromatic heterocycles. The molecular weight excluding hydrogens is 417 g/mol. The van der Waals surface area contributed by atoms with Crippen molar-refractivity contribution >= 4 is 44.4 Å². The molecule has 0 N–H and O–H groups in total. The molecule has 0 aliphatic carbocycles. The largest absolute Gasteiger partial charge is 0.283 e. The summed E-state index contributed by atoms with van der Waals surface area (Å²) in [5.74, 6) is -0.102. The van der Waals surface area contributed by atoms with Gasteiger partial charge in [-0.3, -0.25) is 14.7 Å². The number of aryl methyl sites for hydroxylation is 1. The van der Waals surface area contributed by atoms with Crippen molar-refractivity contribution in [1.29, 1.82) is 0 Å². The molecule has 7 heteroatoms. The molecule has 1 amide bonds. The van der Waals surface area contributed by atoms with Crippen molar-refractivity contribution in [2.45, 2.75) is 24.8 Å². The smallest absolute Gasteiger partial charge is 0.239 e. The number of thiazole rings is 1. The third-order valence-corrected chi connectivity index (χ3v) is 6.66. The first-order valence-electron chi connectivity index (χ1n) is 9.59. The van der Waals surface area contributed by atoms with Crippen molar-refractivity contribution in [2.24, 2.45) is 0 Å². The van der Waals surface area contributed by atoms with E-state index in [0.717, 1.165) is 27.1 Å². The normalized spacial score (nSPS) is 11.0. The van der Waals surface area contributed by atoms with E-state index in [0.29, 0.717) is 11.7 Å². The second-order valence-corrected chi connectivity index (χ2v) is 8.79. The predicted octanol–water partition coefficient (Wildman–Crippen LogP) is 5.72. The van der Waals surface area contributed by atoms with Crippen LogP contribution in [0.15, 0.2) is 71.9 Å². The van der Waals surface area contributed by atoms with Crippen LogP contribution in [0.3, 0.4) is 0 Å². The number of anilines is 1. The fourth-order valence-electron chi connectivity index (χ4n) is 2.98. The van der Waals surface area contributed by atoms with E-state index < -0.39 is 0 Å². The van der Waals surface area contributed by atoms with Gasteiger partial charge in [0.25, 0.3) is 0 Å². The number of halogens is 1. The van der Waals surface area contributed by atoms with Gasteiger partial charge in [0.2, 0.25) is 5.91 Å². The van der Waals surface area contributed by atoms with Gasteiger partial charge in [-0.15, -0.1) is 11.8 Å². The van der Waals surface area contributed by atoms with E-state index >= 15 is 0 Å². The second-order valence-electron chi connectivity index (χ2n) is 6.74. The number of nitrogens with zero attached hydrogens (tertiary/aromatic N) is 3. The fraction of sp³-hybridized carbons (Fsp3) is 0.174. The van der Waals surface area contributed by atoms with Gasteiger partial charge in [0.05, 0.1) is 22.5 Å². The minimum absolute atomic E-state index is 0.0528. The number of amides is 1. The number of benzene rings is 2. The van der Waals surface area contributed by atoms with Gasteiger partial charge in [0.15, 0.2) is 5.13 Å². The van der Waals surface area contributed by atoms with Gasteiger partial charge in [0.1, 0.15) is 5.82 Å². The Morgan fingerprint density at radius 2 is 1.97 bits per heavy atom. The van der Waals surface area contributed by atoms with Crippen LogP contribution in [0.1, 0.15) is 18.1 Å². The van der Waals surface area contributed by atoms with Gasteiger partial charge in [-0.1, -0.05) is 30.4 Å². The molecule has 0 saturated heterocycles. The quantitative estimate of drug-likeness (QED) is 0.347. The molecule has 0 radical (unpaired) electrons. The lowest BCUT2D eigenvalue weighted by molar-refractivity contribution is -0.116. The molecule has 0 saturated carbocycles. The van der Waals surface area contributed by atoms with E-state index in [2.05, 4.69) is 24.0 Å². The van der Waals surface area contributed by atoms with Gasteiger partial charge in [-0.2, -0.15) is 0 Å². The lowest BCUT2D eigenvalue weighted by Gasteiger charge is -2.19. The van der Waals surface area contributed by atoms with Crippen LogP contribution in [-0.4, -0.2) is 21.6 Å². The highest BCUT2D eigenvalue weighted by Crippen LogP contribution is 2.31. The molecule has 0 bridgehead atoms. The first-order valence-corrected chi connectivity index (χ1v) is 11.4. The van der Waals surface area contributed by atoms with Crippen molar-refractivity contribution in [2.75, 3.05) is 10.7 Å². The van der Waals surface area contributed by atoms with E-state index in [4.69, 9.17) is 4.98 Å². The molecule has 152 valence electrons. The summed E-state index contributed by atoms with van der Waals surface area (Å²) in [6, 6.07) is 16.2. The van der Waals surface area contributed by atoms with Gasteiger partial charge in [-0.25, -0.2) is 9.37 Å². The van der Waals surface area contributed by atoms with E-state index in [1.54, 1.807) is 29.4 Å². The van der Waals surface area contributed by atoms with Crippen LogP contribution in [0.4, 0.5) is 9.52 Å². The summed E-state index contributed by atoms with van der Waals surface area (Å²) in [6.07, 6.45) is 4.43. The number of rotatable bonds is 7. The molecular formula is C23H20FN3OS2. The lowest BCUT2D eigenvalue weighted by Crippen LogP contribution is -2.31. The van der Waals surface area contributed by atoms with Crippen molar-refractivity contribution in [1.82, 2.24) is 9.97 Å². The zero-order chi connectivity index (χ0) is 20.9. The molecule has 0 aliphatic rings. The maximum absolute atomic E-state index is 13.2. The summed E-state index contributed by atoms with van der Waals surface area (Å²) in [5, 5.41) is 0.673. The average molecular weight is 438 g/mol. The highest BCUT2D eigenvalue weighted by Gasteiger charge is 2.20. The van der Waals surface area contributed by atoms with Crippen molar-refractivity contribution in [3.05, 3.63) is 83.9 Å². The Hall–Kier alpha value is -2.77. The van der Waals surface area contributed by atoms with Gasteiger partial charge < -0.3 is 0 Å². The number of aromatic nitrogens is 2. The highest BCUT2D eigenvalue weighted by molar-refractivity contribution is 8.00. The zero-order valence-electron chi connectivity index (χ0n) is 16.4. The zero-order valence-corrected chi connectivity index (χ0v) is 18.0. The molecule has 0 unspecified atom stereocenters. The van der Waals surface area contributed by atoms with Gasteiger partial charge in [0, 0.05) is 17.3 Å². The maximum atomic E-state index is 13.2. The molecule has 0 fully saturated rings. The molecule has 30 heavy (non-hydrogen) atoms. The summed E-state index contributed by atoms with van der Waals surface area (Å²) < 4.78 is 14.2. The Bertz CT molecular complexity index is 1150. The molecule has 0 atom stereocenters. The van der Waals surface area contributed by atoms with Crippen LogP contribution in [0.25, 0.3) is 10.2 Å². The summed E-state index contributed by atoms with van der Waals surface area (Å²) in [5.41, 5.74) is 3.07. The monoisotopic (exact) mass is 437 g/mol. The van der Waals surface area contributed by atoms with Crippen LogP contribution >= 0.6 is 23.1 Å². The third-order valence-electron chi connectivity index (χ3n) is 4.62. The van der Waals surface area contributed by atoms with Crippen LogP contribution < -0.4 is 4.90 Å². The van der Waals surface area contributed by atoms with Crippen LogP contribution in [-0.2, 0) is 17.8 Å². The number of thioether (sulfide) groups is 1. The van der Waals surface area contributed by atoms with Gasteiger partial charge >= 0.3 is 0 Å². The van der Waals surface area contributed by atoms with Crippen LogP contribution in [0.5, 0.6) is 0 Å². The van der Waals surface area contributed by atoms with E-state index in [1.165, 1.54) is 40.8 Å². The topological polar surface area (TPSA) is 46.1 Å². The predicted molar refractivity (Wildman–Crippen MR) is 122 cm³/mol. The maximum Gasteiger partial charge on any atom is 0.239 e. The number of pyridine rings is 1. The average Bonchev–Trinajstić information content (AvgIpc) is 3.20. The van der Waals surface area contributed by atoms with E-state index in [-0.39, 0.29) is 17.5 Å². The molecule has 4 nitrogen and oxygen atoms in total. The summed E-state index contributed by atoms with van der Waals surface area (Å²) >= 11 is 2.91. The molecule has 0 spiro atoms. The van der Waals surface area contributed by atoms with Crippen molar-refractivity contribution in [3.63, 3.8) is 0 Å². The first kappa shape index (κ1) is 20.5. The van der Waals surface area contributed by atoms with Crippen LogP contribution in [0, 0.1) is 5.82 Å². The molecule has 4 aromatic rings. The lowest BCUT2D eigenvalue weighted by atomic mass is 10.2. The Morgan fingerprint density at radius 1 is 1.13 bits per heavy atom.